The number of carbonyl (C=O) groups is 1. The van der Waals surface area contributed by atoms with Gasteiger partial charge in [0, 0.05) is 37.0 Å². The van der Waals surface area contributed by atoms with Crippen molar-refractivity contribution >= 4 is 17.2 Å². The summed E-state index contributed by atoms with van der Waals surface area (Å²) in [6, 6.07) is 15.6. The molecule has 1 amide bonds. The first-order valence-electron chi connectivity index (χ1n) is 9.35. The Hall–Kier alpha value is -3.16. The average Bonchev–Trinajstić information content (AvgIpc) is 3.48. The van der Waals surface area contributed by atoms with Crippen LogP contribution in [0.5, 0.6) is 0 Å². The molecule has 148 valence electrons. The van der Waals surface area contributed by atoms with Crippen LogP contribution in [-0.2, 0) is 13.5 Å². The lowest BCUT2D eigenvalue weighted by Crippen LogP contribution is -2.41. The maximum Gasteiger partial charge on any atom is 0.261 e. The van der Waals surface area contributed by atoms with Crippen LogP contribution < -0.4 is 11.1 Å². The van der Waals surface area contributed by atoms with E-state index in [9.17, 15) is 4.79 Å². The number of thiophene rings is 1. The number of nitrogens with one attached hydrogen (secondary N) is 1. The van der Waals surface area contributed by atoms with Crippen LogP contribution in [0.1, 0.15) is 15.2 Å². The third-order valence-electron chi connectivity index (χ3n) is 4.79. The maximum atomic E-state index is 13.0. The van der Waals surface area contributed by atoms with Crippen LogP contribution in [0.4, 0.5) is 0 Å². The molecule has 0 saturated carbocycles. The summed E-state index contributed by atoms with van der Waals surface area (Å²) in [7, 11) is 1.89. The molecule has 3 aromatic heterocycles. The minimum absolute atomic E-state index is 0.125. The highest BCUT2D eigenvalue weighted by molar-refractivity contribution is 7.18. The standard InChI is InChI=1S/C22H22N4O2S/c1-26-19(7-9-24-26)21-18(16-8-10-28-14-16)12-20(29-21)22(27)25-17(13-23)11-15-5-3-2-4-6-15/h2-10,12,14,17H,11,13,23H2,1H3,(H,25,27). The van der Waals surface area contributed by atoms with Crippen LogP contribution in [0.15, 0.2) is 71.7 Å². The van der Waals surface area contributed by atoms with Crippen molar-refractivity contribution in [2.24, 2.45) is 12.8 Å². The van der Waals surface area contributed by atoms with E-state index in [1.54, 1.807) is 23.4 Å². The SMILES string of the molecule is Cn1nccc1-c1sc(C(=O)NC(CN)Cc2ccccc2)cc1-c1ccoc1. The van der Waals surface area contributed by atoms with Crippen LogP contribution in [0.25, 0.3) is 21.7 Å². The highest BCUT2D eigenvalue weighted by Gasteiger charge is 2.21. The van der Waals surface area contributed by atoms with Gasteiger partial charge in [-0.25, -0.2) is 0 Å². The fraction of sp³-hybridized carbons (Fsp3) is 0.182. The summed E-state index contributed by atoms with van der Waals surface area (Å²) in [4.78, 5) is 14.6. The molecule has 0 aliphatic rings. The molecule has 29 heavy (non-hydrogen) atoms. The van der Waals surface area contributed by atoms with Gasteiger partial charge in [-0.2, -0.15) is 5.10 Å². The van der Waals surface area contributed by atoms with Gasteiger partial charge in [0.1, 0.15) is 0 Å². The van der Waals surface area contributed by atoms with E-state index in [1.807, 2.05) is 55.6 Å². The lowest BCUT2D eigenvalue weighted by Gasteiger charge is -2.16. The zero-order chi connectivity index (χ0) is 20.2. The van der Waals surface area contributed by atoms with Crippen molar-refractivity contribution in [2.75, 3.05) is 6.54 Å². The Morgan fingerprint density at radius 1 is 1.28 bits per heavy atom. The lowest BCUT2D eigenvalue weighted by atomic mass is 10.1. The number of hydrogen-bond donors (Lipinski definition) is 2. The van der Waals surface area contributed by atoms with E-state index in [1.165, 1.54) is 11.3 Å². The molecule has 6 nitrogen and oxygen atoms in total. The molecule has 1 aromatic carbocycles. The molecule has 0 aliphatic heterocycles. The second-order valence-electron chi connectivity index (χ2n) is 6.80. The topological polar surface area (TPSA) is 86.1 Å². The summed E-state index contributed by atoms with van der Waals surface area (Å²) in [5.74, 6) is -0.125. The van der Waals surface area contributed by atoms with E-state index in [2.05, 4.69) is 10.4 Å². The first-order chi connectivity index (χ1) is 14.2. The zero-order valence-corrected chi connectivity index (χ0v) is 16.9. The summed E-state index contributed by atoms with van der Waals surface area (Å²) in [6.07, 6.45) is 5.75. The molecule has 1 atom stereocenters. The predicted octanol–water partition coefficient (Wildman–Crippen LogP) is 3.71. The molecule has 0 radical (unpaired) electrons. The fourth-order valence-electron chi connectivity index (χ4n) is 3.27. The van der Waals surface area contributed by atoms with E-state index in [4.69, 9.17) is 10.2 Å². The highest BCUT2D eigenvalue weighted by Crippen LogP contribution is 2.39. The summed E-state index contributed by atoms with van der Waals surface area (Å²) in [6.45, 7) is 0.370. The van der Waals surface area contributed by atoms with Crippen molar-refractivity contribution in [2.45, 2.75) is 12.5 Å². The van der Waals surface area contributed by atoms with Gasteiger partial charge in [0.25, 0.3) is 5.91 Å². The Morgan fingerprint density at radius 2 is 2.10 bits per heavy atom. The number of hydrogen-bond acceptors (Lipinski definition) is 5. The third kappa shape index (κ3) is 4.16. The minimum Gasteiger partial charge on any atom is -0.472 e. The number of carbonyl (C=O) groups excluding carboxylic acids is 1. The third-order valence-corrected chi connectivity index (χ3v) is 5.94. The molecule has 0 saturated heterocycles. The average molecular weight is 407 g/mol. The van der Waals surface area contributed by atoms with Crippen LogP contribution in [-0.4, -0.2) is 28.3 Å². The van der Waals surface area contributed by atoms with Crippen LogP contribution in [0.2, 0.25) is 0 Å². The first kappa shape index (κ1) is 19.2. The number of nitrogens with two attached hydrogens (primary N) is 1. The van der Waals surface area contributed by atoms with Crippen LogP contribution >= 0.6 is 11.3 Å². The molecule has 0 spiro atoms. The summed E-state index contributed by atoms with van der Waals surface area (Å²) < 4.78 is 7.06. The van der Waals surface area contributed by atoms with Gasteiger partial charge >= 0.3 is 0 Å². The molecule has 7 heteroatoms. The van der Waals surface area contributed by atoms with Crippen molar-refractivity contribution in [1.82, 2.24) is 15.1 Å². The fourth-order valence-corrected chi connectivity index (χ4v) is 4.41. The molecular weight excluding hydrogens is 384 g/mol. The van der Waals surface area contributed by atoms with E-state index in [-0.39, 0.29) is 11.9 Å². The van der Waals surface area contributed by atoms with Gasteiger partial charge in [0.2, 0.25) is 0 Å². The minimum atomic E-state index is -0.135. The van der Waals surface area contributed by atoms with Crippen molar-refractivity contribution in [3.05, 3.63) is 77.7 Å². The van der Waals surface area contributed by atoms with Gasteiger partial charge in [-0.3, -0.25) is 9.48 Å². The number of furan rings is 1. The Morgan fingerprint density at radius 3 is 2.76 bits per heavy atom. The van der Waals surface area contributed by atoms with Gasteiger partial charge in [0.05, 0.1) is 28.0 Å². The summed E-state index contributed by atoms with van der Waals surface area (Å²) >= 11 is 1.44. The summed E-state index contributed by atoms with van der Waals surface area (Å²) in [5, 5.41) is 7.34. The predicted molar refractivity (Wildman–Crippen MR) is 115 cm³/mol. The van der Waals surface area contributed by atoms with Gasteiger partial charge in [-0.05, 0) is 30.2 Å². The quantitative estimate of drug-likeness (QED) is 0.490. The van der Waals surface area contributed by atoms with Crippen molar-refractivity contribution in [1.29, 1.82) is 0 Å². The Balaban J connectivity index is 1.61. The van der Waals surface area contributed by atoms with E-state index >= 15 is 0 Å². The smallest absolute Gasteiger partial charge is 0.261 e. The Bertz CT molecular complexity index is 1080. The molecule has 1 unspecified atom stereocenters. The monoisotopic (exact) mass is 406 g/mol. The largest absolute Gasteiger partial charge is 0.472 e. The second-order valence-corrected chi connectivity index (χ2v) is 7.85. The molecule has 0 fully saturated rings. The lowest BCUT2D eigenvalue weighted by molar-refractivity contribution is 0.0942. The number of nitrogens with zero attached hydrogens (tertiary/aromatic N) is 2. The van der Waals surface area contributed by atoms with Crippen molar-refractivity contribution < 1.29 is 9.21 Å². The van der Waals surface area contributed by atoms with Crippen LogP contribution in [0.3, 0.4) is 0 Å². The van der Waals surface area contributed by atoms with E-state index in [0.717, 1.165) is 27.3 Å². The maximum absolute atomic E-state index is 13.0. The highest BCUT2D eigenvalue weighted by atomic mass is 32.1. The van der Waals surface area contributed by atoms with Gasteiger partial charge in [0.15, 0.2) is 0 Å². The van der Waals surface area contributed by atoms with Crippen LogP contribution in [0, 0.1) is 0 Å². The normalized spacial score (nSPS) is 12.1. The molecule has 3 N–H and O–H groups in total. The number of aryl methyl sites for hydroxylation is 1. The second kappa shape index (κ2) is 8.46. The number of benzene rings is 1. The van der Waals surface area contributed by atoms with E-state index < -0.39 is 0 Å². The molecule has 4 rings (SSSR count). The van der Waals surface area contributed by atoms with Gasteiger partial charge in [-0.15, -0.1) is 11.3 Å². The Kier molecular flexibility index (Phi) is 5.59. The molecule has 3 heterocycles. The first-order valence-corrected chi connectivity index (χ1v) is 10.2. The summed E-state index contributed by atoms with van der Waals surface area (Å²) in [5.41, 5.74) is 9.89. The molecule has 4 aromatic rings. The van der Waals surface area contributed by atoms with Gasteiger partial charge in [-0.1, -0.05) is 30.3 Å². The number of amides is 1. The van der Waals surface area contributed by atoms with E-state index in [0.29, 0.717) is 17.8 Å². The molecular formula is C22H22N4O2S. The van der Waals surface area contributed by atoms with Gasteiger partial charge < -0.3 is 15.5 Å². The Labute approximate surface area is 173 Å². The number of rotatable bonds is 7. The molecule has 0 aliphatic carbocycles. The zero-order valence-electron chi connectivity index (χ0n) is 16.0. The van der Waals surface area contributed by atoms with Crippen molar-refractivity contribution in [3.63, 3.8) is 0 Å². The molecule has 0 bridgehead atoms. The number of aromatic nitrogens is 2. The van der Waals surface area contributed by atoms with Crippen molar-refractivity contribution in [3.8, 4) is 21.7 Å².